The second-order valence-electron chi connectivity index (χ2n) is 7.55. The highest BCUT2D eigenvalue weighted by molar-refractivity contribution is 6.52. The van der Waals surface area contributed by atoms with Gasteiger partial charge in [-0.05, 0) is 35.8 Å². The summed E-state index contributed by atoms with van der Waals surface area (Å²) in [4.78, 5) is -2.17. The van der Waals surface area contributed by atoms with Crippen molar-refractivity contribution in [1.82, 2.24) is 0 Å². The summed E-state index contributed by atoms with van der Waals surface area (Å²) < 4.78 is 11.8. The van der Waals surface area contributed by atoms with Gasteiger partial charge in [0.15, 0.2) is 0 Å². The molecule has 5 aliphatic carbocycles. The number of hydrogen-bond donors (Lipinski definition) is 0. The molecule has 0 heterocycles. The average molecular weight is 420 g/mol. The molecule has 0 aliphatic heterocycles. The molecule has 0 saturated heterocycles. The summed E-state index contributed by atoms with van der Waals surface area (Å²) in [5.41, 5.74) is 2.71. The fourth-order valence-electron chi connectivity index (χ4n) is 6.43. The van der Waals surface area contributed by atoms with Crippen LogP contribution in [0.2, 0.25) is 0 Å². The average Bonchev–Trinajstić information content (AvgIpc) is 2.92. The van der Waals surface area contributed by atoms with Crippen molar-refractivity contribution in [3.05, 3.63) is 45.5 Å². The van der Waals surface area contributed by atoms with Gasteiger partial charge < -0.3 is 9.47 Å². The Labute approximate surface area is 167 Å². The van der Waals surface area contributed by atoms with Crippen molar-refractivity contribution in [2.24, 2.45) is 11.8 Å². The molecule has 4 bridgehead atoms. The lowest BCUT2D eigenvalue weighted by atomic mass is 9.53. The van der Waals surface area contributed by atoms with Gasteiger partial charge in [0.05, 0.1) is 10.1 Å². The van der Waals surface area contributed by atoms with Crippen LogP contribution in [0.5, 0.6) is 0 Å². The first-order valence-electron chi connectivity index (χ1n) is 8.53. The number of rotatable bonds is 2. The molecular formula is C19H18Cl4O2. The molecule has 5 aliphatic rings. The van der Waals surface area contributed by atoms with Gasteiger partial charge in [0.2, 0.25) is 5.79 Å². The zero-order valence-corrected chi connectivity index (χ0v) is 16.9. The van der Waals surface area contributed by atoms with E-state index in [-0.39, 0.29) is 23.7 Å². The van der Waals surface area contributed by atoms with Gasteiger partial charge in [0.25, 0.3) is 0 Å². The van der Waals surface area contributed by atoms with Crippen molar-refractivity contribution < 1.29 is 9.47 Å². The van der Waals surface area contributed by atoms with Crippen molar-refractivity contribution in [2.75, 3.05) is 14.2 Å². The Morgan fingerprint density at radius 3 is 1.60 bits per heavy atom. The Morgan fingerprint density at radius 1 is 0.840 bits per heavy atom. The van der Waals surface area contributed by atoms with Crippen molar-refractivity contribution in [3.8, 4) is 0 Å². The molecule has 2 saturated carbocycles. The lowest BCUT2D eigenvalue weighted by molar-refractivity contribution is -0.220. The van der Waals surface area contributed by atoms with E-state index in [1.165, 1.54) is 11.1 Å². The molecule has 6 rings (SSSR count). The van der Waals surface area contributed by atoms with E-state index in [2.05, 4.69) is 24.3 Å². The number of ether oxygens (including phenoxy) is 2. The second kappa shape index (κ2) is 5.10. The van der Waals surface area contributed by atoms with Crippen LogP contribution >= 0.6 is 46.4 Å². The Bertz CT molecular complexity index is 743. The third-order valence-electron chi connectivity index (χ3n) is 7.12. The summed E-state index contributed by atoms with van der Waals surface area (Å²) in [5, 5.41) is 0.752. The topological polar surface area (TPSA) is 18.5 Å². The van der Waals surface area contributed by atoms with Crippen molar-refractivity contribution in [3.63, 3.8) is 0 Å². The van der Waals surface area contributed by atoms with Crippen LogP contribution in [0.25, 0.3) is 0 Å². The molecule has 25 heavy (non-hydrogen) atoms. The smallest absolute Gasteiger partial charge is 0.217 e. The maximum Gasteiger partial charge on any atom is 0.217 e. The van der Waals surface area contributed by atoms with E-state index in [1.54, 1.807) is 14.2 Å². The van der Waals surface area contributed by atoms with Gasteiger partial charge in [-0.1, -0.05) is 47.5 Å². The molecule has 6 atom stereocenters. The molecule has 0 N–H and O–H groups in total. The fraction of sp³-hybridized carbons (Fsp3) is 0.579. The SMILES string of the molecule is COC1(OC)[C@@]2(Cl)C(Cl)=C(Cl)[C@@]1(Cl)[C@H]1[C@@H]2[C@H]2CC[C@H]1c1ccccc12. The molecule has 0 radical (unpaired) electrons. The molecular weight excluding hydrogens is 402 g/mol. The Morgan fingerprint density at radius 2 is 1.24 bits per heavy atom. The molecule has 134 valence electrons. The van der Waals surface area contributed by atoms with E-state index in [0.29, 0.717) is 10.1 Å². The molecule has 0 aromatic heterocycles. The highest BCUT2D eigenvalue weighted by atomic mass is 35.5. The van der Waals surface area contributed by atoms with Crippen LogP contribution in [0.15, 0.2) is 34.3 Å². The molecule has 1 aromatic carbocycles. The van der Waals surface area contributed by atoms with E-state index < -0.39 is 15.5 Å². The first kappa shape index (κ1) is 17.2. The fourth-order valence-corrected chi connectivity index (χ4v) is 8.75. The Hall–Kier alpha value is 0.0400. The number of benzene rings is 1. The lowest BCUT2D eigenvalue weighted by Crippen LogP contribution is -2.57. The van der Waals surface area contributed by atoms with Gasteiger partial charge >= 0.3 is 0 Å². The number of alkyl halides is 2. The van der Waals surface area contributed by atoms with Gasteiger partial charge in [-0.2, -0.15) is 0 Å². The number of hydrogen-bond acceptors (Lipinski definition) is 2. The molecule has 1 aromatic rings. The molecule has 0 spiro atoms. The van der Waals surface area contributed by atoms with Crippen molar-refractivity contribution in [1.29, 1.82) is 0 Å². The highest BCUT2D eigenvalue weighted by Crippen LogP contribution is 2.80. The minimum absolute atomic E-state index is 0.0233. The molecule has 2 nitrogen and oxygen atoms in total. The summed E-state index contributed by atoms with van der Waals surface area (Å²) >= 11 is 27.9. The minimum Gasteiger partial charge on any atom is -0.350 e. The Kier molecular flexibility index (Phi) is 3.50. The maximum absolute atomic E-state index is 7.28. The summed E-state index contributed by atoms with van der Waals surface area (Å²) in [6.07, 6.45) is 2.13. The number of methoxy groups -OCH3 is 2. The van der Waals surface area contributed by atoms with Gasteiger partial charge in [0.1, 0.15) is 9.75 Å². The van der Waals surface area contributed by atoms with E-state index >= 15 is 0 Å². The zero-order valence-electron chi connectivity index (χ0n) is 13.9. The number of halogens is 4. The monoisotopic (exact) mass is 418 g/mol. The molecule has 0 unspecified atom stereocenters. The largest absolute Gasteiger partial charge is 0.350 e. The van der Waals surface area contributed by atoms with Gasteiger partial charge in [-0.3, -0.25) is 0 Å². The maximum atomic E-state index is 7.28. The predicted molar refractivity (Wildman–Crippen MR) is 101 cm³/mol. The summed E-state index contributed by atoms with van der Waals surface area (Å²) in [6, 6.07) is 8.58. The quantitative estimate of drug-likeness (QED) is 0.461. The number of fused-ring (bicyclic) bond motifs is 3. The predicted octanol–water partition coefficient (Wildman–Crippen LogP) is 5.55. The zero-order chi connectivity index (χ0) is 17.8. The van der Waals surface area contributed by atoms with Crippen LogP contribution in [0.3, 0.4) is 0 Å². The lowest BCUT2D eigenvalue weighted by Gasteiger charge is -2.53. The van der Waals surface area contributed by atoms with Crippen LogP contribution < -0.4 is 0 Å². The molecule has 2 fully saturated rings. The highest BCUT2D eigenvalue weighted by Gasteiger charge is 2.87. The molecule has 0 amide bonds. The van der Waals surface area contributed by atoms with E-state index in [9.17, 15) is 0 Å². The second-order valence-corrected chi connectivity index (χ2v) is 9.50. The normalized spacial score (nSPS) is 45.7. The van der Waals surface area contributed by atoms with E-state index in [1.807, 2.05) is 0 Å². The van der Waals surface area contributed by atoms with Gasteiger partial charge in [0, 0.05) is 26.1 Å². The van der Waals surface area contributed by atoms with E-state index in [0.717, 1.165) is 12.8 Å². The van der Waals surface area contributed by atoms with Crippen molar-refractivity contribution >= 4 is 46.4 Å². The van der Waals surface area contributed by atoms with Crippen molar-refractivity contribution in [2.45, 2.75) is 40.2 Å². The minimum atomic E-state index is -1.28. The van der Waals surface area contributed by atoms with Crippen LogP contribution in [0.4, 0.5) is 0 Å². The van der Waals surface area contributed by atoms with Crippen LogP contribution in [-0.2, 0) is 9.47 Å². The first-order valence-corrected chi connectivity index (χ1v) is 10.0. The third kappa shape index (κ3) is 1.51. The van der Waals surface area contributed by atoms with Gasteiger partial charge in [-0.25, -0.2) is 0 Å². The third-order valence-corrected chi connectivity index (χ3v) is 9.76. The van der Waals surface area contributed by atoms with Crippen LogP contribution in [0.1, 0.15) is 35.8 Å². The summed E-state index contributed by atoms with van der Waals surface area (Å²) in [5.74, 6) is -0.694. The van der Waals surface area contributed by atoms with Crippen LogP contribution in [-0.4, -0.2) is 29.8 Å². The summed E-state index contributed by atoms with van der Waals surface area (Å²) in [7, 11) is 3.15. The van der Waals surface area contributed by atoms with E-state index in [4.69, 9.17) is 55.9 Å². The van der Waals surface area contributed by atoms with Gasteiger partial charge in [-0.15, -0.1) is 23.2 Å². The summed E-state index contributed by atoms with van der Waals surface area (Å²) in [6.45, 7) is 0. The molecule has 6 heteroatoms. The Balaban J connectivity index is 1.83. The first-order chi connectivity index (χ1) is 11.9. The van der Waals surface area contributed by atoms with Crippen LogP contribution in [0, 0.1) is 11.8 Å². The standard InChI is InChI=1S/C19H18Cl4O2/c1-24-19(25-2)17(22)13-11-7-8-12(10-6-4-3-5-9(10)11)14(13)18(19,23)16(21)15(17)20/h3-6,11-14H,7-8H2,1-2H3/t11-,12-,13-,14+,17-,18-/m0/s1.